The minimum atomic E-state index is 0.0617. The van der Waals surface area contributed by atoms with Gasteiger partial charge in [-0.2, -0.15) is 0 Å². The Hall–Kier alpha value is -1.13. The molecule has 2 rings (SSSR count). The molecule has 0 radical (unpaired) electrons. The highest BCUT2D eigenvalue weighted by molar-refractivity contribution is 5.42. The highest BCUT2D eigenvalue weighted by Crippen LogP contribution is 2.22. The van der Waals surface area contributed by atoms with Gasteiger partial charge in [0.25, 0.3) is 0 Å². The summed E-state index contributed by atoms with van der Waals surface area (Å²) >= 11 is 0. The lowest BCUT2D eigenvalue weighted by Crippen LogP contribution is -2.49. The standard InChI is InChI=1S/C13H20N2O2/c1-3-12-9-17-10(2)7-15(12)13-6-11(8-16)4-5-14-13/h4-6,10,12,16H,3,7-9H2,1-2H3. The van der Waals surface area contributed by atoms with E-state index in [1.54, 1.807) is 6.20 Å². The molecular weight excluding hydrogens is 216 g/mol. The highest BCUT2D eigenvalue weighted by Gasteiger charge is 2.26. The highest BCUT2D eigenvalue weighted by atomic mass is 16.5. The van der Waals surface area contributed by atoms with Crippen LogP contribution in [0.25, 0.3) is 0 Å². The third kappa shape index (κ3) is 2.76. The van der Waals surface area contributed by atoms with Gasteiger partial charge in [-0.3, -0.25) is 0 Å². The van der Waals surface area contributed by atoms with Crippen molar-refractivity contribution in [2.45, 2.75) is 39.0 Å². The first kappa shape index (κ1) is 12.3. The number of aromatic nitrogens is 1. The molecule has 94 valence electrons. The summed E-state index contributed by atoms with van der Waals surface area (Å²) in [5, 5.41) is 9.16. The first-order valence-corrected chi connectivity index (χ1v) is 6.18. The maximum atomic E-state index is 9.16. The molecule has 1 fully saturated rings. The Balaban J connectivity index is 2.22. The monoisotopic (exact) mass is 236 g/mol. The minimum absolute atomic E-state index is 0.0617. The van der Waals surface area contributed by atoms with Gasteiger partial charge in [-0.25, -0.2) is 4.98 Å². The van der Waals surface area contributed by atoms with Crippen molar-refractivity contribution in [2.75, 3.05) is 18.1 Å². The largest absolute Gasteiger partial charge is 0.392 e. The molecule has 17 heavy (non-hydrogen) atoms. The van der Waals surface area contributed by atoms with E-state index in [0.717, 1.165) is 31.0 Å². The molecule has 2 unspecified atom stereocenters. The average Bonchev–Trinajstić information content (AvgIpc) is 2.39. The van der Waals surface area contributed by atoms with Gasteiger partial charge in [0.15, 0.2) is 0 Å². The van der Waals surface area contributed by atoms with Crippen molar-refractivity contribution in [3.05, 3.63) is 23.9 Å². The molecule has 0 saturated carbocycles. The number of anilines is 1. The van der Waals surface area contributed by atoms with Gasteiger partial charge in [0, 0.05) is 12.7 Å². The van der Waals surface area contributed by atoms with Crippen LogP contribution in [-0.4, -0.2) is 35.4 Å². The van der Waals surface area contributed by atoms with Gasteiger partial charge >= 0.3 is 0 Å². The van der Waals surface area contributed by atoms with Crippen LogP contribution in [0.4, 0.5) is 5.82 Å². The van der Waals surface area contributed by atoms with Crippen molar-refractivity contribution in [1.29, 1.82) is 0 Å². The van der Waals surface area contributed by atoms with Gasteiger partial charge in [0.05, 0.1) is 25.4 Å². The second kappa shape index (κ2) is 5.47. The van der Waals surface area contributed by atoms with Crippen LogP contribution < -0.4 is 4.90 Å². The molecular formula is C13H20N2O2. The Morgan fingerprint density at radius 1 is 1.59 bits per heavy atom. The summed E-state index contributed by atoms with van der Waals surface area (Å²) in [5.41, 5.74) is 0.906. The number of hydrogen-bond donors (Lipinski definition) is 1. The molecule has 2 atom stereocenters. The first-order chi connectivity index (χ1) is 8.24. The molecule has 0 aliphatic carbocycles. The van der Waals surface area contributed by atoms with E-state index in [-0.39, 0.29) is 12.7 Å². The fraction of sp³-hybridized carbons (Fsp3) is 0.615. The molecule has 4 heteroatoms. The van der Waals surface area contributed by atoms with E-state index in [1.165, 1.54) is 0 Å². The van der Waals surface area contributed by atoms with Gasteiger partial charge in [-0.15, -0.1) is 0 Å². The summed E-state index contributed by atoms with van der Waals surface area (Å²) in [6.07, 6.45) is 3.03. The summed E-state index contributed by atoms with van der Waals surface area (Å²) in [4.78, 5) is 6.69. The van der Waals surface area contributed by atoms with Crippen molar-refractivity contribution < 1.29 is 9.84 Å². The molecule has 2 heterocycles. The zero-order chi connectivity index (χ0) is 12.3. The van der Waals surface area contributed by atoms with Gasteiger partial charge in [0.2, 0.25) is 0 Å². The molecule has 4 nitrogen and oxygen atoms in total. The Kier molecular flexibility index (Phi) is 3.97. The van der Waals surface area contributed by atoms with Gasteiger partial charge in [0.1, 0.15) is 5.82 Å². The van der Waals surface area contributed by atoms with E-state index in [2.05, 4.69) is 23.7 Å². The quantitative estimate of drug-likeness (QED) is 0.865. The SMILES string of the molecule is CCC1COC(C)CN1c1cc(CO)ccn1. The van der Waals surface area contributed by atoms with E-state index in [9.17, 15) is 0 Å². The first-order valence-electron chi connectivity index (χ1n) is 6.18. The van der Waals surface area contributed by atoms with Crippen LogP contribution in [-0.2, 0) is 11.3 Å². The number of hydrogen-bond acceptors (Lipinski definition) is 4. The fourth-order valence-electron chi connectivity index (χ4n) is 2.18. The summed E-state index contributed by atoms with van der Waals surface area (Å²) in [6, 6.07) is 4.18. The van der Waals surface area contributed by atoms with Crippen molar-refractivity contribution >= 4 is 5.82 Å². The van der Waals surface area contributed by atoms with Crippen molar-refractivity contribution in [3.63, 3.8) is 0 Å². The zero-order valence-electron chi connectivity index (χ0n) is 10.5. The molecule has 1 N–H and O–H groups in total. The Bertz CT molecular complexity index is 370. The summed E-state index contributed by atoms with van der Waals surface area (Å²) in [7, 11) is 0. The number of aliphatic hydroxyl groups excluding tert-OH is 1. The van der Waals surface area contributed by atoms with Crippen molar-refractivity contribution in [2.24, 2.45) is 0 Å². The van der Waals surface area contributed by atoms with Crippen LogP contribution in [0, 0.1) is 0 Å². The summed E-state index contributed by atoms with van der Waals surface area (Å²) < 4.78 is 5.67. The van der Waals surface area contributed by atoms with Gasteiger partial charge in [-0.1, -0.05) is 6.92 Å². The third-order valence-electron chi connectivity index (χ3n) is 3.23. The Morgan fingerprint density at radius 3 is 3.12 bits per heavy atom. The second-order valence-electron chi connectivity index (χ2n) is 4.54. The molecule has 0 bridgehead atoms. The predicted molar refractivity (Wildman–Crippen MR) is 67.0 cm³/mol. The number of morpholine rings is 1. The molecule has 0 amide bonds. The summed E-state index contributed by atoms with van der Waals surface area (Å²) in [5.74, 6) is 0.943. The maximum Gasteiger partial charge on any atom is 0.129 e. The lowest BCUT2D eigenvalue weighted by Gasteiger charge is -2.39. The van der Waals surface area contributed by atoms with Crippen molar-refractivity contribution in [1.82, 2.24) is 4.98 Å². The topological polar surface area (TPSA) is 45.6 Å². The predicted octanol–water partition coefficient (Wildman–Crippen LogP) is 1.58. The molecule has 1 aromatic heterocycles. The molecule has 1 aromatic rings. The smallest absolute Gasteiger partial charge is 0.129 e. The normalized spacial score (nSPS) is 25.0. The van der Waals surface area contributed by atoms with Crippen LogP contribution in [0.5, 0.6) is 0 Å². The van der Waals surface area contributed by atoms with Gasteiger partial charge in [-0.05, 0) is 31.0 Å². The lowest BCUT2D eigenvalue weighted by atomic mass is 10.1. The van der Waals surface area contributed by atoms with E-state index in [4.69, 9.17) is 9.84 Å². The molecule has 1 aliphatic rings. The third-order valence-corrected chi connectivity index (χ3v) is 3.23. The number of pyridine rings is 1. The molecule has 0 spiro atoms. The number of rotatable bonds is 3. The lowest BCUT2D eigenvalue weighted by molar-refractivity contribution is 0.0296. The van der Waals surface area contributed by atoms with E-state index < -0.39 is 0 Å². The van der Waals surface area contributed by atoms with Crippen LogP contribution in [0.3, 0.4) is 0 Å². The van der Waals surface area contributed by atoms with Crippen molar-refractivity contribution in [3.8, 4) is 0 Å². The van der Waals surface area contributed by atoms with Crippen LogP contribution in [0.2, 0.25) is 0 Å². The number of ether oxygens (including phenoxy) is 1. The van der Waals surface area contributed by atoms with Crippen LogP contribution >= 0.6 is 0 Å². The maximum absolute atomic E-state index is 9.16. The van der Waals surface area contributed by atoms with E-state index in [0.29, 0.717) is 6.04 Å². The van der Waals surface area contributed by atoms with E-state index >= 15 is 0 Å². The number of nitrogens with zero attached hydrogens (tertiary/aromatic N) is 2. The molecule has 1 aliphatic heterocycles. The average molecular weight is 236 g/mol. The second-order valence-corrected chi connectivity index (χ2v) is 4.54. The molecule has 1 saturated heterocycles. The van der Waals surface area contributed by atoms with Crippen LogP contribution in [0.1, 0.15) is 25.8 Å². The van der Waals surface area contributed by atoms with Gasteiger partial charge < -0.3 is 14.7 Å². The Labute approximate surface area is 102 Å². The zero-order valence-corrected chi connectivity index (χ0v) is 10.5. The minimum Gasteiger partial charge on any atom is -0.392 e. The summed E-state index contributed by atoms with van der Waals surface area (Å²) in [6.45, 7) is 5.91. The van der Waals surface area contributed by atoms with E-state index in [1.807, 2.05) is 12.1 Å². The Morgan fingerprint density at radius 2 is 2.41 bits per heavy atom. The van der Waals surface area contributed by atoms with Crippen LogP contribution in [0.15, 0.2) is 18.3 Å². The molecule has 0 aromatic carbocycles. The fourth-order valence-corrected chi connectivity index (χ4v) is 2.18. The number of aliphatic hydroxyl groups is 1.